The van der Waals surface area contributed by atoms with Crippen molar-refractivity contribution in [2.75, 3.05) is 18.1 Å². The number of anilines is 2. The number of pyridine rings is 1. The minimum absolute atomic E-state index is 0.748. The molecule has 18 heavy (non-hydrogen) atoms. The standard InChI is InChI=1S/C14H13BrN2O/c15-11-5-3-8-16-14(11)17-9-4-10-18-13-7-2-1-6-12(13)17/h1-3,5-8H,4,9-10H2. The van der Waals surface area contributed by atoms with Crippen molar-refractivity contribution in [2.45, 2.75) is 6.42 Å². The molecular formula is C14H13BrN2O. The number of hydrogen-bond acceptors (Lipinski definition) is 3. The third-order valence-corrected chi connectivity index (χ3v) is 3.55. The molecule has 1 aliphatic heterocycles. The number of fused-ring (bicyclic) bond motifs is 1. The predicted octanol–water partition coefficient (Wildman–Crippen LogP) is 3.76. The largest absolute Gasteiger partial charge is 0.491 e. The molecule has 0 radical (unpaired) electrons. The highest BCUT2D eigenvalue weighted by molar-refractivity contribution is 9.10. The van der Waals surface area contributed by atoms with Crippen molar-refractivity contribution in [3.05, 3.63) is 47.1 Å². The Balaban J connectivity index is 2.10. The topological polar surface area (TPSA) is 25.4 Å². The Hall–Kier alpha value is -1.55. The van der Waals surface area contributed by atoms with Gasteiger partial charge in [-0.3, -0.25) is 0 Å². The first-order valence-electron chi connectivity index (χ1n) is 5.96. The van der Waals surface area contributed by atoms with Gasteiger partial charge < -0.3 is 9.64 Å². The molecule has 0 N–H and O–H groups in total. The third-order valence-electron chi connectivity index (χ3n) is 2.93. The van der Waals surface area contributed by atoms with Gasteiger partial charge in [0.25, 0.3) is 0 Å². The van der Waals surface area contributed by atoms with E-state index in [-0.39, 0.29) is 0 Å². The van der Waals surface area contributed by atoms with Gasteiger partial charge in [0.2, 0.25) is 0 Å². The summed E-state index contributed by atoms with van der Waals surface area (Å²) in [6, 6.07) is 12.0. The van der Waals surface area contributed by atoms with Gasteiger partial charge in [-0.2, -0.15) is 0 Å². The number of benzene rings is 1. The number of halogens is 1. The third kappa shape index (κ3) is 2.08. The first-order valence-corrected chi connectivity index (χ1v) is 6.75. The van der Waals surface area contributed by atoms with Gasteiger partial charge >= 0.3 is 0 Å². The van der Waals surface area contributed by atoms with Crippen LogP contribution in [0.1, 0.15) is 6.42 Å². The summed E-state index contributed by atoms with van der Waals surface area (Å²) in [5, 5.41) is 0. The van der Waals surface area contributed by atoms with Crippen LogP contribution in [-0.2, 0) is 0 Å². The molecule has 92 valence electrons. The van der Waals surface area contributed by atoms with E-state index >= 15 is 0 Å². The molecule has 2 aromatic rings. The van der Waals surface area contributed by atoms with Crippen LogP contribution in [0.5, 0.6) is 5.75 Å². The molecule has 0 bridgehead atoms. The predicted molar refractivity (Wildman–Crippen MR) is 75.5 cm³/mol. The zero-order chi connectivity index (χ0) is 12.4. The number of rotatable bonds is 1. The fourth-order valence-corrected chi connectivity index (χ4v) is 2.59. The van der Waals surface area contributed by atoms with Crippen LogP contribution in [0.3, 0.4) is 0 Å². The lowest BCUT2D eigenvalue weighted by atomic mass is 10.2. The molecule has 0 atom stereocenters. The summed E-state index contributed by atoms with van der Waals surface area (Å²) in [6.45, 7) is 1.66. The fraction of sp³-hybridized carbons (Fsp3) is 0.214. The first-order chi connectivity index (χ1) is 8.86. The molecule has 1 aromatic carbocycles. The van der Waals surface area contributed by atoms with Crippen molar-refractivity contribution in [2.24, 2.45) is 0 Å². The lowest BCUT2D eigenvalue weighted by Crippen LogP contribution is -2.19. The highest BCUT2D eigenvalue weighted by Gasteiger charge is 2.19. The molecule has 0 aliphatic carbocycles. The Morgan fingerprint density at radius 1 is 1.17 bits per heavy atom. The van der Waals surface area contributed by atoms with Crippen LogP contribution in [0.15, 0.2) is 47.1 Å². The maximum absolute atomic E-state index is 5.76. The normalized spacial score (nSPS) is 14.6. The van der Waals surface area contributed by atoms with Gasteiger partial charge in [-0.15, -0.1) is 0 Å². The number of para-hydroxylation sites is 2. The van der Waals surface area contributed by atoms with E-state index in [4.69, 9.17) is 4.74 Å². The minimum Gasteiger partial charge on any atom is -0.491 e. The molecule has 0 fully saturated rings. The fourth-order valence-electron chi connectivity index (χ4n) is 2.12. The summed E-state index contributed by atoms with van der Waals surface area (Å²) in [5.74, 6) is 1.86. The number of nitrogens with zero attached hydrogens (tertiary/aromatic N) is 2. The molecule has 4 heteroatoms. The molecule has 1 aromatic heterocycles. The summed E-state index contributed by atoms with van der Waals surface area (Å²) >= 11 is 3.56. The molecule has 3 rings (SSSR count). The maximum Gasteiger partial charge on any atom is 0.147 e. The second-order valence-corrected chi connectivity index (χ2v) is 4.98. The highest BCUT2D eigenvalue weighted by atomic mass is 79.9. The van der Waals surface area contributed by atoms with Gasteiger partial charge in [0.05, 0.1) is 16.8 Å². The first kappa shape index (κ1) is 11.5. The molecule has 0 spiro atoms. The van der Waals surface area contributed by atoms with Crippen molar-refractivity contribution < 1.29 is 4.74 Å². The van der Waals surface area contributed by atoms with Crippen molar-refractivity contribution in [3.8, 4) is 5.75 Å². The van der Waals surface area contributed by atoms with Gasteiger partial charge in [-0.05, 0) is 46.6 Å². The molecular weight excluding hydrogens is 292 g/mol. The van der Waals surface area contributed by atoms with E-state index in [0.717, 1.165) is 41.3 Å². The Kier molecular flexibility index (Phi) is 3.19. The van der Waals surface area contributed by atoms with E-state index < -0.39 is 0 Å². The quantitative estimate of drug-likeness (QED) is 0.802. The van der Waals surface area contributed by atoms with Crippen LogP contribution in [0.25, 0.3) is 0 Å². The summed E-state index contributed by atoms with van der Waals surface area (Å²) < 4.78 is 6.76. The van der Waals surface area contributed by atoms with Crippen molar-refractivity contribution in [1.29, 1.82) is 0 Å². The zero-order valence-electron chi connectivity index (χ0n) is 9.84. The van der Waals surface area contributed by atoms with Gasteiger partial charge in [0.1, 0.15) is 11.6 Å². The van der Waals surface area contributed by atoms with E-state index in [1.807, 2.05) is 36.5 Å². The molecule has 0 amide bonds. The average Bonchev–Trinajstić information content (AvgIpc) is 2.62. The minimum atomic E-state index is 0.748. The second kappa shape index (κ2) is 4.98. The Morgan fingerprint density at radius 2 is 2.06 bits per heavy atom. The van der Waals surface area contributed by atoms with Gasteiger partial charge in [0.15, 0.2) is 0 Å². The summed E-state index contributed by atoms with van der Waals surface area (Å²) in [6.07, 6.45) is 2.80. The van der Waals surface area contributed by atoms with Gasteiger partial charge in [-0.25, -0.2) is 4.98 Å². The average molecular weight is 305 g/mol. The zero-order valence-corrected chi connectivity index (χ0v) is 11.4. The molecule has 2 heterocycles. The van der Waals surface area contributed by atoms with Crippen LogP contribution in [0.2, 0.25) is 0 Å². The van der Waals surface area contributed by atoms with E-state index in [1.165, 1.54) is 0 Å². The monoisotopic (exact) mass is 304 g/mol. The Morgan fingerprint density at radius 3 is 2.94 bits per heavy atom. The molecule has 3 nitrogen and oxygen atoms in total. The van der Waals surface area contributed by atoms with Gasteiger partial charge in [-0.1, -0.05) is 12.1 Å². The number of hydrogen-bond donors (Lipinski definition) is 0. The summed E-state index contributed by atoms with van der Waals surface area (Å²) in [5.41, 5.74) is 1.08. The van der Waals surface area contributed by atoms with Crippen LogP contribution in [0.4, 0.5) is 11.5 Å². The number of aromatic nitrogens is 1. The molecule has 1 aliphatic rings. The van der Waals surface area contributed by atoms with E-state index in [0.29, 0.717) is 0 Å². The van der Waals surface area contributed by atoms with E-state index in [1.54, 1.807) is 0 Å². The van der Waals surface area contributed by atoms with Crippen molar-refractivity contribution in [1.82, 2.24) is 4.98 Å². The summed E-state index contributed by atoms with van der Waals surface area (Å²) in [7, 11) is 0. The Bertz CT molecular complexity index is 559. The molecule has 0 saturated heterocycles. The second-order valence-electron chi connectivity index (χ2n) is 4.13. The van der Waals surface area contributed by atoms with Crippen LogP contribution >= 0.6 is 15.9 Å². The Labute approximate surface area is 115 Å². The SMILES string of the molecule is Brc1cccnc1N1CCCOc2ccccc21. The van der Waals surface area contributed by atoms with Crippen LogP contribution in [-0.4, -0.2) is 18.1 Å². The van der Waals surface area contributed by atoms with Crippen LogP contribution in [0, 0.1) is 0 Å². The lowest BCUT2D eigenvalue weighted by Gasteiger charge is -2.23. The molecule has 0 unspecified atom stereocenters. The maximum atomic E-state index is 5.76. The van der Waals surface area contributed by atoms with Crippen molar-refractivity contribution >= 4 is 27.4 Å². The summed E-state index contributed by atoms with van der Waals surface area (Å²) in [4.78, 5) is 6.67. The number of ether oxygens (including phenoxy) is 1. The smallest absolute Gasteiger partial charge is 0.147 e. The molecule has 0 saturated carbocycles. The van der Waals surface area contributed by atoms with Crippen molar-refractivity contribution in [3.63, 3.8) is 0 Å². The van der Waals surface area contributed by atoms with E-state index in [2.05, 4.69) is 31.9 Å². The highest BCUT2D eigenvalue weighted by Crippen LogP contribution is 2.37. The van der Waals surface area contributed by atoms with Gasteiger partial charge in [0, 0.05) is 12.7 Å². The van der Waals surface area contributed by atoms with Crippen LogP contribution < -0.4 is 9.64 Å². The van der Waals surface area contributed by atoms with E-state index in [9.17, 15) is 0 Å². The lowest BCUT2D eigenvalue weighted by molar-refractivity contribution is 0.322.